The first-order valence-electron chi connectivity index (χ1n) is 7.33. The minimum absolute atomic E-state index is 0.0806. The van der Waals surface area contributed by atoms with Crippen molar-refractivity contribution in [3.8, 4) is 0 Å². The lowest BCUT2D eigenvalue weighted by Crippen LogP contribution is -2.63. The standard InChI is InChI=1S/C14H23NO6S/c1-5-20-11(16)10-6-22(18,19)9-14(10)7-15(8-14)12(17)21-13(2,3)4/h10H,5-9H2,1-4H3. The fourth-order valence-corrected chi connectivity index (χ4v) is 5.45. The molecule has 2 aliphatic rings. The van der Waals surface area contributed by atoms with Crippen LogP contribution in [0.2, 0.25) is 0 Å². The Morgan fingerprint density at radius 2 is 1.86 bits per heavy atom. The highest BCUT2D eigenvalue weighted by Gasteiger charge is 2.61. The Morgan fingerprint density at radius 1 is 1.27 bits per heavy atom. The minimum atomic E-state index is -3.29. The largest absolute Gasteiger partial charge is 0.466 e. The number of likely N-dealkylation sites (tertiary alicyclic amines) is 1. The number of sulfone groups is 1. The van der Waals surface area contributed by atoms with Crippen molar-refractivity contribution in [3.05, 3.63) is 0 Å². The highest BCUT2D eigenvalue weighted by molar-refractivity contribution is 7.91. The maximum Gasteiger partial charge on any atom is 0.410 e. The first-order valence-corrected chi connectivity index (χ1v) is 9.15. The van der Waals surface area contributed by atoms with Gasteiger partial charge in [0.2, 0.25) is 0 Å². The van der Waals surface area contributed by atoms with Gasteiger partial charge in [0.1, 0.15) is 5.60 Å². The summed E-state index contributed by atoms with van der Waals surface area (Å²) in [6, 6.07) is 0. The van der Waals surface area contributed by atoms with Crippen LogP contribution in [-0.4, -0.2) is 62.2 Å². The fourth-order valence-electron chi connectivity index (χ4n) is 3.07. The summed E-state index contributed by atoms with van der Waals surface area (Å²) in [6.07, 6.45) is -0.481. The van der Waals surface area contributed by atoms with E-state index in [9.17, 15) is 18.0 Å². The van der Waals surface area contributed by atoms with Crippen LogP contribution in [-0.2, 0) is 24.1 Å². The SMILES string of the molecule is CCOC(=O)C1CS(=O)(=O)CC12CN(C(=O)OC(C)(C)C)C2. The van der Waals surface area contributed by atoms with Crippen molar-refractivity contribution in [1.82, 2.24) is 4.90 Å². The van der Waals surface area contributed by atoms with Crippen molar-refractivity contribution in [2.45, 2.75) is 33.3 Å². The van der Waals surface area contributed by atoms with E-state index in [0.29, 0.717) is 0 Å². The minimum Gasteiger partial charge on any atom is -0.466 e. The van der Waals surface area contributed by atoms with E-state index in [4.69, 9.17) is 9.47 Å². The van der Waals surface area contributed by atoms with E-state index in [2.05, 4.69) is 0 Å². The first-order chi connectivity index (χ1) is 9.98. The molecule has 2 fully saturated rings. The van der Waals surface area contributed by atoms with Gasteiger partial charge in [0, 0.05) is 18.5 Å². The zero-order valence-electron chi connectivity index (χ0n) is 13.4. The number of esters is 1. The number of ether oxygens (including phenoxy) is 2. The Bertz CT molecular complexity index is 571. The molecule has 0 radical (unpaired) electrons. The maximum atomic E-state index is 12.0. The van der Waals surface area contributed by atoms with Crippen molar-refractivity contribution in [1.29, 1.82) is 0 Å². The smallest absolute Gasteiger partial charge is 0.410 e. The molecule has 8 heteroatoms. The van der Waals surface area contributed by atoms with Crippen LogP contribution in [0.4, 0.5) is 4.79 Å². The molecular formula is C14H23NO6S. The van der Waals surface area contributed by atoms with Crippen LogP contribution in [0.25, 0.3) is 0 Å². The molecule has 1 spiro atoms. The van der Waals surface area contributed by atoms with Crippen molar-refractivity contribution < 1.29 is 27.5 Å². The van der Waals surface area contributed by atoms with Gasteiger partial charge in [0.15, 0.2) is 9.84 Å². The quantitative estimate of drug-likeness (QED) is 0.695. The molecule has 1 atom stereocenters. The first kappa shape index (κ1) is 17.1. The molecule has 0 bridgehead atoms. The summed E-state index contributed by atoms with van der Waals surface area (Å²) < 4.78 is 34.1. The highest BCUT2D eigenvalue weighted by atomic mass is 32.2. The van der Waals surface area contributed by atoms with Crippen LogP contribution in [0.1, 0.15) is 27.7 Å². The normalized spacial score (nSPS) is 25.6. The highest BCUT2D eigenvalue weighted by Crippen LogP contribution is 2.46. The molecule has 22 heavy (non-hydrogen) atoms. The lowest BCUT2D eigenvalue weighted by molar-refractivity contribution is -0.155. The van der Waals surface area contributed by atoms with E-state index in [1.165, 1.54) is 4.90 Å². The van der Waals surface area contributed by atoms with Crippen LogP contribution in [0.15, 0.2) is 0 Å². The molecule has 0 N–H and O–H groups in total. The van der Waals surface area contributed by atoms with Gasteiger partial charge >= 0.3 is 12.1 Å². The average molecular weight is 333 g/mol. The Kier molecular flexibility index (Phi) is 4.18. The monoisotopic (exact) mass is 333 g/mol. The molecule has 2 rings (SSSR count). The fraction of sp³-hybridized carbons (Fsp3) is 0.857. The zero-order valence-corrected chi connectivity index (χ0v) is 14.2. The van der Waals surface area contributed by atoms with Gasteiger partial charge in [0.05, 0.1) is 24.0 Å². The summed E-state index contributed by atoms with van der Waals surface area (Å²) in [7, 11) is -3.29. The average Bonchev–Trinajstić information content (AvgIpc) is 2.57. The van der Waals surface area contributed by atoms with Gasteiger partial charge in [-0.1, -0.05) is 0 Å². The number of hydrogen-bond acceptors (Lipinski definition) is 6. The van der Waals surface area contributed by atoms with Gasteiger partial charge in [-0.2, -0.15) is 0 Å². The number of rotatable bonds is 2. The van der Waals surface area contributed by atoms with Gasteiger partial charge in [0.25, 0.3) is 0 Å². The number of carbonyl (C=O) groups is 2. The summed E-state index contributed by atoms with van der Waals surface area (Å²) in [4.78, 5) is 25.5. The van der Waals surface area contributed by atoms with E-state index in [-0.39, 0.29) is 31.2 Å². The topological polar surface area (TPSA) is 90.0 Å². The molecule has 0 saturated carbocycles. The molecule has 0 aromatic heterocycles. The molecular weight excluding hydrogens is 310 g/mol. The lowest BCUT2D eigenvalue weighted by atomic mass is 9.72. The Balaban J connectivity index is 2.08. The molecule has 0 aromatic carbocycles. The van der Waals surface area contributed by atoms with E-state index in [1.807, 2.05) is 0 Å². The molecule has 2 heterocycles. The van der Waals surface area contributed by atoms with Gasteiger partial charge in [-0.25, -0.2) is 13.2 Å². The van der Waals surface area contributed by atoms with Crippen molar-refractivity contribution in [2.24, 2.45) is 11.3 Å². The predicted octanol–water partition coefficient (Wildman–Crippen LogP) is 0.831. The summed E-state index contributed by atoms with van der Waals surface area (Å²) >= 11 is 0. The van der Waals surface area contributed by atoms with Gasteiger partial charge in [-0.15, -0.1) is 0 Å². The van der Waals surface area contributed by atoms with Crippen molar-refractivity contribution in [3.63, 3.8) is 0 Å². The molecule has 2 saturated heterocycles. The van der Waals surface area contributed by atoms with E-state index in [0.717, 1.165) is 0 Å². The summed E-state index contributed by atoms with van der Waals surface area (Å²) in [5.74, 6) is -1.47. The number of carbonyl (C=O) groups excluding carboxylic acids is 2. The molecule has 7 nitrogen and oxygen atoms in total. The molecule has 0 aliphatic carbocycles. The van der Waals surface area contributed by atoms with Gasteiger partial charge in [-0.3, -0.25) is 4.79 Å². The Labute approximate surface area is 130 Å². The number of hydrogen-bond donors (Lipinski definition) is 0. The zero-order chi connectivity index (χ0) is 16.8. The number of nitrogens with zero attached hydrogens (tertiary/aromatic N) is 1. The molecule has 126 valence electrons. The Morgan fingerprint density at radius 3 is 2.36 bits per heavy atom. The third-order valence-electron chi connectivity index (χ3n) is 3.90. The number of amides is 1. The van der Waals surface area contributed by atoms with E-state index < -0.39 is 38.8 Å². The molecule has 2 aliphatic heterocycles. The third-order valence-corrected chi connectivity index (χ3v) is 5.76. The lowest BCUT2D eigenvalue weighted by Gasteiger charge is -2.49. The summed E-state index contributed by atoms with van der Waals surface area (Å²) in [6.45, 7) is 7.62. The van der Waals surface area contributed by atoms with Gasteiger partial charge < -0.3 is 14.4 Å². The van der Waals surface area contributed by atoms with Crippen LogP contribution >= 0.6 is 0 Å². The van der Waals surface area contributed by atoms with Gasteiger partial charge in [-0.05, 0) is 27.7 Å². The van der Waals surface area contributed by atoms with E-state index in [1.54, 1.807) is 27.7 Å². The second kappa shape index (κ2) is 5.40. The maximum absolute atomic E-state index is 12.0. The van der Waals surface area contributed by atoms with Crippen LogP contribution in [0.5, 0.6) is 0 Å². The van der Waals surface area contributed by atoms with Crippen LogP contribution < -0.4 is 0 Å². The molecule has 1 unspecified atom stereocenters. The summed E-state index contributed by atoms with van der Waals surface area (Å²) in [5, 5.41) is 0. The van der Waals surface area contributed by atoms with Crippen molar-refractivity contribution >= 4 is 21.9 Å². The molecule has 0 aromatic rings. The third kappa shape index (κ3) is 3.37. The second-order valence-electron chi connectivity index (χ2n) is 7.06. The van der Waals surface area contributed by atoms with Crippen molar-refractivity contribution in [2.75, 3.05) is 31.2 Å². The van der Waals surface area contributed by atoms with E-state index >= 15 is 0 Å². The second-order valence-corrected chi connectivity index (χ2v) is 9.17. The summed E-state index contributed by atoms with van der Waals surface area (Å²) in [5.41, 5.74) is -1.33. The van der Waals surface area contributed by atoms with Crippen LogP contribution in [0.3, 0.4) is 0 Å². The van der Waals surface area contributed by atoms with Crippen LogP contribution in [0, 0.1) is 11.3 Å². The molecule has 1 amide bonds. The predicted molar refractivity (Wildman–Crippen MR) is 79.0 cm³/mol. The Hall–Kier alpha value is -1.31.